The Bertz CT molecular complexity index is 518. The van der Waals surface area contributed by atoms with Crippen LogP contribution in [0.3, 0.4) is 0 Å². The number of carboxylic acid groups (broad SMARTS) is 1. The van der Waals surface area contributed by atoms with Gasteiger partial charge in [0.2, 0.25) is 5.91 Å². The Morgan fingerprint density at radius 1 is 1.00 bits per heavy atom. The van der Waals surface area contributed by atoms with Crippen LogP contribution in [0.5, 0.6) is 0 Å². The number of hydrogen-bond donors (Lipinski definition) is 1. The predicted molar refractivity (Wildman–Crippen MR) is 84.2 cm³/mol. The number of piperidine rings is 1. The standard InChI is InChI=1S/C18H27NO3/c1-17(2)8-5-9-18(3,4)19(17)15(20)13-11-6-7-12(10-11)14(13)16(21)22/h6-7,11-14H,5,8-10H2,1-4H3,(H,21,22). The van der Waals surface area contributed by atoms with Crippen LogP contribution < -0.4 is 0 Å². The number of rotatable bonds is 2. The Morgan fingerprint density at radius 2 is 1.50 bits per heavy atom. The van der Waals surface area contributed by atoms with Crippen LogP contribution >= 0.6 is 0 Å². The van der Waals surface area contributed by atoms with Crippen molar-refractivity contribution in [2.75, 3.05) is 0 Å². The summed E-state index contributed by atoms with van der Waals surface area (Å²) in [5, 5.41) is 9.61. The number of amides is 1. The van der Waals surface area contributed by atoms with Gasteiger partial charge in [-0.3, -0.25) is 9.59 Å². The van der Waals surface area contributed by atoms with Gasteiger partial charge in [0, 0.05) is 11.1 Å². The summed E-state index contributed by atoms with van der Waals surface area (Å²) in [4.78, 5) is 27.1. The van der Waals surface area contributed by atoms with E-state index < -0.39 is 11.9 Å². The third-order valence-electron chi connectivity index (χ3n) is 6.04. The van der Waals surface area contributed by atoms with E-state index in [0.29, 0.717) is 0 Å². The highest BCUT2D eigenvalue weighted by Crippen LogP contribution is 2.51. The number of allylic oxidation sites excluding steroid dienone is 2. The zero-order valence-electron chi connectivity index (χ0n) is 14.0. The minimum atomic E-state index is -0.817. The van der Waals surface area contributed by atoms with Crippen molar-refractivity contribution < 1.29 is 14.7 Å². The third-order valence-corrected chi connectivity index (χ3v) is 6.04. The van der Waals surface area contributed by atoms with Crippen molar-refractivity contribution in [2.45, 2.75) is 64.5 Å². The van der Waals surface area contributed by atoms with Gasteiger partial charge in [-0.2, -0.15) is 0 Å². The molecular weight excluding hydrogens is 278 g/mol. The van der Waals surface area contributed by atoms with Crippen molar-refractivity contribution in [2.24, 2.45) is 23.7 Å². The van der Waals surface area contributed by atoms with Gasteiger partial charge in [-0.15, -0.1) is 0 Å². The number of fused-ring (bicyclic) bond motifs is 2. The van der Waals surface area contributed by atoms with Gasteiger partial charge in [-0.05, 0) is 65.2 Å². The second kappa shape index (κ2) is 4.84. The highest BCUT2D eigenvalue weighted by atomic mass is 16.4. The second-order valence-electron chi connectivity index (χ2n) is 8.49. The maximum atomic E-state index is 13.4. The Kier molecular flexibility index (Phi) is 3.42. The Labute approximate surface area is 132 Å². The number of carboxylic acids is 1. The lowest BCUT2D eigenvalue weighted by molar-refractivity contribution is -0.161. The highest BCUT2D eigenvalue weighted by Gasteiger charge is 2.56. The van der Waals surface area contributed by atoms with Gasteiger partial charge in [0.05, 0.1) is 11.8 Å². The number of carbonyl (C=O) groups is 2. The molecule has 2 fully saturated rings. The normalized spacial score (nSPS) is 38.3. The summed E-state index contributed by atoms with van der Waals surface area (Å²) in [6.45, 7) is 8.46. The van der Waals surface area contributed by atoms with E-state index >= 15 is 0 Å². The van der Waals surface area contributed by atoms with E-state index in [9.17, 15) is 14.7 Å². The Hall–Kier alpha value is -1.32. The summed E-state index contributed by atoms with van der Waals surface area (Å²) in [6, 6.07) is 0. The fourth-order valence-electron chi connectivity index (χ4n) is 5.24. The number of aliphatic carboxylic acids is 1. The molecular formula is C18H27NO3. The average Bonchev–Trinajstić information content (AvgIpc) is 2.95. The van der Waals surface area contributed by atoms with Gasteiger partial charge in [0.25, 0.3) is 0 Å². The number of likely N-dealkylation sites (tertiary alicyclic amines) is 1. The molecule has 0 spiro atoms. The van der Waals surface area contributed by atoms with Crippen molar-refractivity contribution in [3.05, 3.63) is 12.2 Å². The molecule has 1 aliphatic heterocycles. The molecule has 2 bridgehead atoms. The first-order valence-electron chi connectivity index (χ1n) is 8.40. The SMILES string of the molecule is CC1(C)CCCC(C)(C)N1C(=O)C1C2C=CC(C2)C1C(=O)O. The van der Waals surface area contributed by atoms with E-state index in [0.717, 1.165) is 25.7 Å². The van der Waals surface area contributed by atoms with E-state index in [2.05, 4.69) is 33.8 Å². The summed E-state index contributed by atoms with van der Waals surface area (Å²) in [7, 11) is 0. The molecule has 0 aromatic carbocycles. The lowest BCUT2D eigenvalue weighted by Crippen LogP contribution is -2.63. The van der Waals surface area contributed by atoms with Gasteiger partial charge >= 0.3 is 5.97 Å². The summed E-state index contributed by atoms with van der Waals surface area (Å²) < 4.78 is 0. The maximum absolute atomic E-state index is 13.4. The molecule has 0 aromatic rings. The van der Waals surface area contributed by atoms with E-state index in [-0.39, 0.29) is 34.7 Å². The fraction of sp³-hybridized carbons (Fsp3) is 0.778. The lowest BCUT2D eigenvalue weighted by atomic mass is 9.75. The van der Waals surface area contributed by atoms with Crippen molar-refractivity contribution in [3.8, 4) is 0 Å². The molecule has 1 amide bonds. The molecule has 1 saturated carbocycles. The monoisotopic (exact) mass is 305 g/mol. The third kappa shape index (κ3) is 2.19. The van der Waals surface area contributed by atoms with Gasteiger partial charge in [-0.25, -0.2) is 0 Å². The minimum Gasteiger partial charge on any atom is -0.481 e. The summed E-state index contributed by atoms with van der Waals surface area (Å²) in [5.74, 6) is -1.55. The smallest absolute Gasteiger partial charge is 0.307 e. The summed E-state index contributed by atoms with van der Waals surface area (Å²) in [6.07, 6.45) is 7.97. The van der Waals surface area contributed by atoms with Gasteiger partial charge in [0.15, 0.2) is 0 Å². The first-order valence-corrected chi connectivity index (χ1v) is 8.40. The van der Waals surface area contributed by atoms with Crippen LogP contribution in [-0.4, -0.2) is 33.0 Å². The van der Waals surface area contributed by atoms with Crippen LogP contribution in [0, 0.1) is 23.7 Å². The van der Waals surface area contributed by atoms with Crippen LogP contribution in [-0.2, 0) is 9.59 Å². The van der Waals surface area contributed by atoms with Gasteiger partial charge in [-0.1, -0.05) is 12.2 Å². The van der Waals surface area contributed by atoms with Crippen LogP contribution in [0.1, 0.15) is 53.4 Å². The number of hydrogen-bond acceptors (Lipinski definition) is 2. The Balaban J connectivity index is 1.95. The fourth-order valence-corrected chi connectivity index (χ4v) is 5.24. The molecule has 0 radical (unpaired) electrons. The second-order valence-corrected chi connectivity index (χ2v) is 8.49. The zero-order chi connectivity index (χ0) is 16.3. The minimum absolute atomic E-state index is 0.0347. The zero-order valence-corrected chi connectivity index (χ0v) is 14.0. The first-order chi connectivity index (χ1) is 10.1. The average molecular weight is 305 g/mol. The van der Waals surface area contributed by atoms with Crippen LogP contribution in [0.4, 0.5) is 0 Å². The topological polar surface area (TPSA) is 57.6 Å². The first kappa shape index (κ1) is 15.6. The lowest BCUT2D eigenvalue weighted by Gasteiger charge is -2.54. The molecule has 4 atom stereocenters. The molecule has 4 unspecified atom stereocenters. The van der Waals surface area contributed by atoms with E-state index in [1.54, 1.807) is 0 Å². The van der Waals surface area contributed by atoms with Gasteiger partial charge in [0.1, 0.15) is 0 Å². The Morgan fingerprint density at radius 3 is 2.00 bits per heavy atom. The molecule has 4 nitrogen and oxygen atoms in total. The van der Waals surface area contributed by atoms with Crippen molar-refractivity contribution in [3.63, 3.8) is 0 Å². The number of carbonyl (C=O) groups excluding carboxylic acids is 1. The predicted octanol–water partition coefficient (Wildman–Crippen LogP) is 3.08. The summed E-state index contributed by atoms with van der Waals surface area (Å²) in [5.41, 5.74) is -0.402. The van der Waals surface area contributed by atoms with Crippen molar-refractivity contribution >= 4 is 11.9 Å². The van der Waals surface area contributed by atoms with Crippen molar-refractivity contribution in [1.82, 2.24) is 4.90 Å². The molecule has 122 valence electrons. The van der Waals surface area contributed by atoms with Gasteiger partial charge < -0.3 is 10.0 Å². The molecule has 2 aliphatic carbocycles. The molecule has 22 heavy (non-hydrogen) atoms. The molecule has 3 aliphatic rings. The van der Waals surface area contributed by atoms with Crippen LogP contribution in [0.15, 0.2) is 12.2 Å². The molecule has 4 heteroatoms. The van der Waals surface area contributed by atoms with Crippen LogP contribution in [0.25, 0.3) is 0 Å². The maximum Gasteiger partial charge on any atom is 0.307 e. The molecule has 3 rings (SSSR count). The van der Waals surface area contributed by atoms with E-state index in [1.807, 2.05) is 11.0 Å². The van der Waals surface area contributed by atoms with Crippen LogP contribution in [0.2, 0.25) is 0 Å². The highest BCUT2D eigenvalue weighted by molar-refractivity contribution is 5.88. The van der Waals surface area contributed by atoms with E-state index in [4.69, 9.17) is 0 Å². The summed E-state index contributed by atoms with van der Waals surface area (Å²) >= 11 is 0. The van der Waals surface area contributed by atoms with E-state index in [1.165, 1.54) is 0 Å². The molecule has 1 heterocycles. The molecule has 1 saturated heterocycles. The molecule has 1 N–H and O–H groups in total. The van der Waals surface area contributed by atoms with Crippen molar-refractivity contribution in [1.29, 1.82) is 0 Å². The quantitative estimate of drug-likeness (QED) is 0.798. The largest absolute Gasteiger partial charge is 0.481 e. The molecule has 0 aromatic heterocycles. The number of nitrogens with zero attached hydrogens (tertiary/aromatic N) is 1.